The van der Waals surface area contributed by atoms with Crippen molar-refractivity contribution in [2.45, 2.75) is 38.8 Å². The largest absolute Gasteiger partial charge is 0.488 e. The second kappa shape index (κ2) is 9.68. The van der Waals surface area contributed by atoms with Crippen LogP contribution in [0.4, 0.5) is 8.78 Å². The number of alkyl halides is 2. The molecule has 0 aliphatic carbocycles. The molecule has 1 aliphatic heterocycles. The number of nitrogens with zero attached hydrogens (tertiary/aromatic N) is 2. The van der Waals surface area contributed by atoms with E-state index < -0.39 is 19.0 Å². The minimum Gasteiger partial charge on any atom is -0.488 e. The number of carboxylic acid groups (broad SMARTS) is 1. The van der Waals surface area contributed by atoms with Crippen molar-refractivity contribution >= 4 is 5.97 Å². The first-order chi connectivity index (χ1) is 12.0. The van der Waals surface area contributed by atoms with Crippen molar-refractivity contribution in [3.05, 3.63) is 29.8 Å². The Balaban J connectivity index is 1.78. The van der Waals surface area contributed by atoms with Gasteiger partial charge in [0.1, 0.15) is 12.4 Å². The lowest BCUT2D eigenvalue weighted by molar-refractivity contribution is -0.139. The van der Waals surface area contributed by atoms with Gasteiger partial charge in [0.2, 0.25) is 0 Å². The van der Waals surface area contributed by atoms with Crippen LogP contribution in [0.1, 0.15) is 25.3 Å². The van der Waals surface area contributed by atoms with Crippen LogP contribution in [0, 0.1) is 0 Å². The number of likely N-dealkylation sites (tertiary alicyclic amines) is 1. The second-order valence-corrected chi connectivity index (χ2v) is 6.31. The number of hydrogen-bond donors (Lipinski definition) is 1. The van der Waals surface area contributed by atoms with E-state index in [2.05, 4.69) is 4.90 Å². The molecule has 0 atom stereocenters. The highest BCUT2D eigenvalue weighted by atomic mass is 19.3. The Morgan fingerprint density at radius 2 is 1.96 bits per heavy atom. The zero-order valence-corrected chi connectivity index (χ0v) is 14.5. The molecule has 1 saturated heterocycles. The van der Waals surface area contributed by atoms with Crippen LogP contribution in [0.5, 0.6) is 5.75 Å². The fourth-order valence-electron chi connectivity index (χ4n) is 3.22. The Morgan fingerprint density at radius 1 is 1.32 bits per heavy atom. The van der Waals surface area contributed by atoms with E-state index in [0.717, 1.165) is 44.6 Å². The van der Waals surface area contributed by atoms with Gasteiger partial charge in [-0.1, -0.05) is 19.1 Å². The summed E-state index contributed by atoms with van der Waals surface area (Å²) in [5, 5.41) is 8.98. The average Bonchev–Trinajstić information content (AvgIpc) is 2.59. The summed E-state index contributed by atoms with van der Waals surface area (Å²) in [4.78, 5) is 15.3. The number of benzene rings is 1. The Kier molecular flexibility index (Phi) is 7.58. The van der Waals surface area contributed by atoms with Gasteiger partial charge in [-0.05, 0) is 50.2 Å². The number of carboxylic acids is 1. The number of rotatable bonds is 9. The van der Waals surface area contributed by atoms with E-state index in [1.54, 1.807) is 12.1 Å². The molecular weight excluding hydrogens is 330 g/mol. The van der Waals surface area contributed by atoms with Gasteiger partial charge in [0.05, 0.1) is 6.54 Å². The standard InChI is InChI=1S/C18H26F2N2O3/c1-2-22(12-18(23)24)15-7-9-21(10-8-15)11-14-3-5-16(6-4-14)25-13-17(19)20/h3-6,15,17H,2,7-13H2,1H3,(H,23,24). The molecule has 140 valence electrons. The zero-order valence-electron chi connectivity index (χ0n) is 14.5. The molecule has 0 spiro atoms. The van der Waals surface area contributed by atoms with Crippen LogP contribution < -0.4 is 4.74 Å². The summed E-state index contributed by atoms with van der Waals surface area (Å²) in [5.41, 5.74) is 1.11. The predicted molar refractivity (Wildman–Crippen MR) is 91.1 cm³/mol. The molecule has 0 amide bonds. The lowest BCUT2D eigenvalue weighted by Gasteiger charge is -2.37. The summed E-state index contributed by atoms with van der Waals surface area (Å²) < 4.78 is 29.2. The number of hydrogen-bond acceptors (Lipinski definition) is 4. The van der Waals surface area contributed by atoms with Gasteiger partial charge in [0.15, 0.2) is 0 Å². The van der Waals surface area contributed by atoms with Gasteiger partial charge in [-0.15, -0.1) is 0 Å². The fraction of sp³-hybridized carbons (Fsp3) is 0.611. The molecule has 1 N–H and O–H groups in total. The lowest BCUT2D eigenvalue weighted by Crippen LogP contribution is -2.46. The second-order valence-electron chi connectivity index (χ2n) is 6.31. The van der Waals surface area contributed by atoms with Crippen LogP contribution in [-0.4, -0.2) is 66.1 Å². The number of carbonyl (C=O) groups is 1. The van der Waals surface area contributed by atoms with Gasteiger partial charge >= 0.3 is 5.97 Å². The molecule has 7 heteroatoms. The van der Waals surface area contributed by atoms with Gasteiger partial charge in [-0.25, -0.2) is 8.78 Å². The van der Waals surface area contributed by atoms with Crippen LogP contribution in [0.2, 0.25) is 0 Å². The van der Waals surface area contributed by atoms with Crippen LogP contribution in [0.15, 0.2) is 24.3 Å². The van der Waals surface area contributed by atoms with Crippen LogP contribution in [-0.2, 0) is 11.3 Å². The molecule has 1 fully saturated rings. The van der Waals surface area contributed by atoms with Crippen LogP contribution in [0.3, 0.4) is 0 Å². The molecule has 0 aromatic heterocycles. The smallest absolute Gasteiger partial charge is 0.317 e. The van der Waals surface area contributed by atoms with Crippen molar-refractivity contribution in [1.82, 2.24) is 9.80 Å². The Morgan fingerprint density at radius 3 is 2.48 bits per heavy atom. The molecule has 2 rings (SSSR count). The number of ether oxygens (including phenoxy) is 1. The molecule has 0 radical (unpaired) electrons. The normalized spacial score (nSPS) is 16.5. The molecule has 1 heterocycles. The van der Waals surface area contributed by atoms with Crippen molar-refractivity contribution in [2.24, 2.45) is 0 Å². The Hall–Kier alpha value is -1.73. The van der Waals surface area contributed by atoms with E-state index in [0.29, 0.717) is 11.8 Å². The minimum absolute atomic E-state index is 0.0985. The molecule has 1 aromatic carbocycles. The highest BCUT2D eigenvalue weighted by Gasteiger charge is 2.24. The summed E-state index contributed by atoms with van der Waals surface area (Å²) in [6.45, 7) is 4.89. The van der Waals surface area contributed by atoms with Gasteiger partial charge in [0.25, 0.3) is 6.43 Å². The van der Waals surface area contributed by atoms with Crippen molar-refractivity contribution in [2.75, 3.05) is 32.8 Å². The van der Waals surface area contributed by atoms with E-state index in [-0.39, 0.29) is 6.54 Å². The van der Waals surface area contributed by atoms with E-state index in [4.69, 9.17) is 9.84 Å². The molecule has 1 aliphatic rings. The maximum absolute atomic E-state index is 12.1. The van der Waals surface area contributed by atoms with Gasteiger partial charge < -0.3 is 9.84 Å². The highest BCUT2D eigenvalue weighted by Crippen LogP contribution is 2.20. The van der Waals surface area contributed by atoms with E-state index in [9.17, 15) is 13.6 Å². The molecule has 0 unspecified atom stereocenters. The monoisotopic (exact) mass is 356 g/mol. The van der Waals surface area contributed by atoms with Crippen LogP contribution in [0.25, 0.3) is 0 Å². The molecule has 0 bridgehead atoms. The predicted octanol–water partition coefficient (Wildman–Crippen LogP) is 2.70. The highest BCUT2D eigenvalue weighted by molar-refractivity contribution is 5.69. The number of piperidine rings is 1. The van der Waals surface area contributed by atoms with Gasteiger partial charge in [-0.2, -0.15) is 0 Å². The molecule has 0 saturated carbocycles. The third-order valence-electron chi connectivity index (χ3n) is 4.52. The van der Waals surface area contributed by atoms with E-state index in [1.807, 2.05) is 24.0 Å². The first kappa shape index (κ1) is 19.6. The molecule has 1 aromatic rings. The summed E-state index contributed by atoms with van der Waals surface area (Å²) in [5.74, 6) is -0.326. The van der Waals surface area contributed by atoms with Crippen molar-refractivity contribution in [3.63, 3.8) is 0 Å². The van der Waals surface area contributed by atoms with E-state index >= 15 is 0 Å². The first-order valence-corrected chi connectivity index (χ1v) is 8.66. The maximum Gasteiger partial charge on any atom is 0.317 e. The summed E-state index contributed by atoms with van der Waals surface area (Å²) in [6.07, 6.45) is -0.558. The number of likely N-dealkylation sites (N-methyl/N-ethyl adjacent to an activating group) is 1. The van der Waals surface area contributed by atoms with Crippen LogP contribution >= 0.6 is 0 Å². The van der Waals surface area contributed by atoms with E-state index in [1.165, 1.54) is 0 Å². The summed E-state index contributed by atoms with van der Waals surface area (Å²) in [6, 6.07) is 7.56. The first-order valence-electron chi connectivity index (χ1n) is 8.66. The fourth-order valence-corrected chi connectivity index (χ4v) is 3.22. The third kappa shape index (κ3) is 6.59. The molecule has 5 nitrogen and oxygen atoms in total. The summed E-state index contributed by atoms with van der Waals surface area (Å²) >= 11 is 0. The Labute approximate surface area is 147 Å². The number of aliphatic carboxylic acids is 1. The zero-order chi connectivity index (χ0) is 18.2. The maximum atomic E-state index is 12.1. The minimum atomic E-state index is -2.47. The van der Waals surface area contributed by atoms with Gasteiger partial charge in [-0.3, -0.25) is 14.6 Å². The topological polar surface area (TPSA) is 53.0 Å². The average molecular weight is 356 g/mol. The molecule has 25 heavy (non-hydrogen) atoms. The Bertz CT molecular complexity index is 532. The quantitative estimate of drug-likeness (QED) is 0.737. The SMILES string of the molecule is CCN(CC(=O)O)C1CCN(Cc2ccc(OCC(F)F)cc2)CC1. The number of halogens is 2. The van der Waals surface area contributed by atoms with Crippen molar-refractivity contribution in [3.8, 4) is 5.75 Å². The third-order valence-corrected chi connectivity index (χ3v) is 4.52. The van der Waals surface area contributed by atoms with Gasteiger partial charge in [0, 0.05) is 12.6 Å². The summed E-state index contributed by atoms with van der Waals surface area (Å²) in [7, 11) is 0. The molecular formula is C18H26F2N2O3. The lowest BCUT2D eigenvalue weighted by atomic mass is 10.0. The van der Waals surface area contributed by atoms with Crippen molar-refractivity contribution < 1.29 is 23.4 Å². The van der Waals surface area contributed by atoms with Crippen molar-refractivity contribution in [1.29, 1.82) is 0 Å².